The monoisotopic (exact) mass is 457 g/mol. The molecule has 2 aromatic heterocycles. The molecule has 2 aliphatic rings. The average Bonchev–Trinajstić information content (AvgIpc) is 2.92. The van der Waals surface area contributed by atoms with Crippen LogP contribution >= 0.6 is 23.2 Å². The van der Waals surface area contributed by atoms with Crippen LogP contribution in [0, 0.1) is 11.2 Å². The van der Waals surface area contributed by atoms with Gasteiger partial charge in [0.1, 0.15) is 16.7 Å². The van der Waals surface area contributed by atoms with E-state index in [0.29, 0.717) is 18.9 Å². The molecule has 2 aromatic rings. The van der Waals surface area contributed by atoms with Gasteiger partial charge >= 0.3 is 6.09 Å². The number of carbonyl (C=O) groups is 1. The smallest absolute Gasteiger partial charge is 0.408 e. The van der Waals surface area contributed by atoms with E-state index in [9.17, 15) is 14.3 Å². The molecule has 1 amide bonds. The largest absolute Gasteiger partial charge is 0.480 e. The van der Waals surface area contributed by atoms with E-state index in [4.69, 9.17) is 27.9 Å². The molecule has 2 atom stereocenters. The summed E-state index contributed by atoms with van der Waals surface area (Å²) in [6.45, 7) is 6.85. The number of halogens is 3. The molecule has 4 heterocycles. The third-order valence-corrected chi connectivity index (χ3v) is 6.78. The highest BCUT2D eigenvalue weighted by Crippen LogP contribution is 2.51. The Kier molecular flexibility index (Phi) is 4.89. The van der Waals surface area contributed by atoms with Gasteiger partial charge < -0.3 is 14.7 Å². The van der Waals surface area contributed by atoms with E-state index in [-0.39, 0.29) is 38.7 Å². The van der Waals surface area contributed by atoms with E-state index in [1.807, 2.05) is 25.7 Å². The Hall–Kier alpha value is -2.13. The number of fused-ring (bicyclic) bond motifs is 3. The van der Waals surface area contributed by atoms with Crippen molar-refractivity contribution in [2.45, 2.75) is 45.2 Å². The quantitative estimate of drug-likeness (QED) is 0.532. The number of anilines is 1. The van der Waals surface area contributed by atoms with Gasteiger partial charge in [0.25, 0.3) is 0 Å². The second kappa shape index (κ2) is 6.95. The van der Waals surface area contributed by atoms with Gasteiger partial charge in [0.05, 0.1) is 18.7 Å². The van der Waals surface area contributed by atoms with E-state index in [1.54, 1.807) is 4.90 Å². The van der Waals surface area contributed by atoms with Crippen molar-refractivity contribution in [1.82, 2.24) is 19.9 Å². The molecule has 0 aromatic carbocycles. The number of carboxylic acid groups (broad SMARTS) is 1. The second-order valence-electron chi connectivity index (χ2n) is 8.77. The highest BCUT2D eigenvalue weighted by atomic mass is 35.5. The van der Waals surface area contributed by atoms with Gasteiger partial charge in [-0.3, -0.25) is 4.90 Å². The van der Waals surface area contributed by atoms with E-state index < -0.39 is 17.4 Å². The zero-order valence-electron chi connectivity index (χ0n) is 17.0. The molecule has 2 fully saturated rings. The molecule has 30 heavy (non-hydrogen) atoms. The fraction of sp³-hybridized carbons (Fsp3) is 0.579. The van der Waals surface area contributed by atoms with Crippen molar-refractivity contribution < 1.29 is 19.0 Å². The lowest BCUT2D eigenvalue weighted by atomic mass is 9.71. The first kappa shape index (κ1) is 21.1. The number of piperazine rings is 1. The molecule has 4 rings (SSSR count). The summed E-state index contributed by atoms with van der Waals surface area (Å²) < 4.78 is 20.1. The van der Waals surface area contributed by atoms with Crippen LogP contribution in [0.4, 0.5) is 15.0 Å². The predicted molar refractivity (Wildman–Crippen MR) is 111 cm³/mol. The molecule has 0 aliphatic carbocycles. The molecule has 2 aliphatic heterocycles. The van der Waals surface area contributed by atoms with Crippen LogP contribution in [-0.2, 0) is 0 Å². The van der Waals surface area contributed by atoms with E-state index in [1.165, 1.54) is 7.11 Å². The van der Waals surface area contributed by atoms with Gasteiger partial charge in [-0.05, 0) is 29.9 Å². The highest BCUT2D eigenvalue weighted by molar-refractivity contribution is 6.31. The number of amides is 1. The Morgan fingerprint density at radius 3 is 2.60 bits per heavy atom. The lowest BCUT2D eigenvalue weighted by molar-refractivity contribution is 0.00531. The molecule has 1 N–H and O–H groups in total. The molecule has 2 saturated heterocycles. The fourth-order valence-corrected chi connectivity index (χ4v) is 5.22. The number of aromatic nitrogens is 3. The number of pyridine rings is 1. The molecule has 2 bridgehead atoms. The molecule has 11 heteroatoms. The van der Waals surface area contributed by atoms with Gasteiger partial charge in [-0.2, -0.15) is 9.97 Å². The molecule has 0 unspecified atom stereocenters. The minimum absolute atomic E-state index is 0.0836. The van der Waals surface area contributed by atoms with Crippen molar-refractivity contribution in [3.8, 4) is 5.88 Å². The van der Waals surface area contributed by atoms with Gasteiger partial charge in [0.15, 0.2) is 11.0 Å². The van der Waals surface area contributed by atoms with Crippen LogP contribution in [0.15, 0.2) is 0 Å². The molecule has 8 nitrogen and oxygen atoms in total. The Balaban J connectivity index is 1.92. The van der Waals surface area contributed by atoms with Gasteiger partial charge in [0.2, 0.25) is 11.2 Å². The number of ether oxygens (including phenoxy) is 1. The van der Waals surface area contributed by atoms with Crippen LogP contribution < -0.4 is 9.64 Å². The molecule has 162 valence electrons. The SMILES string of the molecule is COc1nc(Cl)c(F)c2nc(Cl)nc(N3C[C@@H]4CC[C@@](C(C)(C)C)(C3)N4C(=O)O)c12. The van der Waals surface area contributed by atoms with Crippen molar-refractivity contribution in [3.63, 3.8) is 0 Å². The number of rotatable bonds is 2. The maximum atomic E-state index is 14.7. The summed E-state index contributed by atoms with van der Waals surface area (Å²) in [7, 11) is 1.40. The second-order valence-corrected chi connectivity index (χ2v) is 9.47. The van der Waals surface area contributed by atoms with Crippen LogP contribution in [0.2, 0.25) is 10.4 Å². The number of nitrogens with zero attached hydrogens (tertiary/aromatic N) is 5. The summed E-state index contributed by atoms with van der Waals surface area (Å²) in [6, 6.07) is -0.227. The fourth-order valence-electron chi connectivity index (χ4n) is 4.89. The summed E-state index contributed by atoms with van der Waals surface area (Å²) in [6.07, 6.45) is 0.512. The predicted octanol–water partition coefficient (Wildman–Crippen LogP) is 4.23. The highest BCUT2D eigenvalue weighted by Gasteiger charge is 2.59. The third kappa shape index (κ3) is 2.93. The van der Waals surface area contributed by atoms with Gasteiger partial charge in [-0.1, -0.05) is 32.4 Å². The Morgan fingerprint density at radius 2 is 2.00 bits per heavy atom. The van der Waals surface area contributed by atoms with E-state index >= 15 is 0 Å². The maximum Gasteiger partial charge on any atom is 0.408 e. The van der Waals surface area contributed by atoms with Crippen molar-refractivity contribution in [3.05, 3.63) is 16.3 Å². The zero-order valence-corrected chi connectivity index (χ0v) is 18.6. The van der Waals surface area contributed by atoms with Gasteiger partial charge in [0, 0.05) is 13.1 Å². The molecule has 0 radical (unpaired) electrons. The first-order chi connectivity index (χ1) is 14.0. The van der Waals surface area contributed by atoms with E-state index in [0.717, 1.165) is 12.8 Å². The lowest BCUT2D eigenvalue weighted by Crippen LogP contribution is -2.68. The summed E-state index contributed by atoms with van der Waals surface area (Å²) in [5.41, 5.74) is -1.07. The standard InChI is InChI=1S/C19H22Cl2FN5O3/c1-18(2,3)19-6-5-9(27(19)17(28)29)7-26(8-19)14-10-12(23-16(21)25-14)11(22)13(20)24-15(10)30-4/h9H,5-8H2,1-4H3,(H,28,29)/t9-,19-/m0/s1. The first-order valence-corrected chi connectivity index (χ1v) is 10.3. The van der Waals surface area contributed by atoms with Crippen LogP contribution in [0.1, 0.15) is 33.6 Å². The van der Waals surface area contributed by atoms with Crippen LogP contribution in [0.25, 0.3) is 10.9 Å². The summed E-state index contributed by atoms with van der Waals surface area (Å²) >= 11 is 12.0. The molecular formula is C19H22Cl2FN5O3. The molecule has 0 spiro atoms. The lowest BCUT2D eigenvalue weighted by Gasteiger charge is -2.54. The van der Waals surface area contributed by atoms with E-state index in [2.05, 4.69) is 15.0 Å². The summed E-state index contributed by atoms with van der Waals surface area (Å²) in [4.78, 5) is 28.0. The third-order valence-electron chi connectivity index (χ3n) is 6.36. The Morgan fingerprint density at radius 1 is 1.30 bits per heavy atom. The number of methoxy groups -OCH3 is 1. The number of hydrogen-bond donors (Lipinski definition) is 1. The summed E-state index contributed by atoms with van der Waals surface area (Å²) in [5, 5.41) is 9.68. The Bertz CT molecular complexity index is 1050. The normalized spacial score (nSPS) is 23.9. The first-order valence-electron chi connectivity index (χ1n) is 9.53. The van der Waals surface area contributed by atoms with Crippen molar-refractivity contribution in [1.29, 1.82) is 0 Å². The van der Waals surface area contributed by atoms with Gasteiger partial charge in [-0.15, -0.1) is 0 Å². The molecule has 0 saturated carbocycles. The van der Waals surface area contributed by atoms with Crippen LogP contribution in [0.3, 0.4) is 0 Å². The Labute approximate surface area is 183 Å². The molecular weight excluding hydrogens is 436 g/mol. The topological polar surface area (TPSA) is 91.7 Å². The summed E-state index contributed by atoms with van der Waals surface area (Å²) in [5.74, 6) is -0.368. The minimum atomic E-state index is -0.935. The minimum Gasteiger partial charge on any atom is -0.480 e. The van der Waals surface area contributed by atoms with Crippen molar-refractivity contribution >= 4 is 46.0 Å². The zero-order chi connectivity index (χ0) is 22.0. The average molecular weight is 458 g/mol. The number of hydrogen-bond acceptors (Lipinski definition) is 6. The maximum absolute atomic E-state index is 14.7. The van der Waals surface area contributed by atoms with Crippen LogP contribution in [0.5, 0.6) is 5.88 Å². The van der Waals surface area contributed by atoms with Crippen molar-refractivity contribution in [2.75, 3.05) is 25.1 Å². The van der Waals surface area contributed by atoms with Crippen LogP contribution in [-0.4, -0.2) is 62.8 Å². The van der Waals surface area contributed by atoms with Gasteiger partial charge in [-0.25, -0.2) is 14.2 Å². The van der Waals surface area contributed by atoms with Crippen molar-refractivity contribution in [2.24, 2.45) is 5.41 Å².